The van der Waals surface area contributed by atoms with Gasteiger partial charge in [-0.1, -0.05) is 19.1 Å². The number of rotatable bonds is 4. The Morgan fingerprint density at radius 3 is 2.63 bits per heavy atom. The lowest BCUT2D eigenvalue weighted by Crippen LogP contribution is -2.60. The van der Waals surface area contributed by atoms with Crippen molar-refractivity contribution in [3.63, 3.8) is 0 Å². The van der Waals surface area contributed by atoms with Crippen LogP contribution in [0.5, 0.6) is 11.5 Å². The molecule has 2 saturated carbocycles. The Kier molecular flexibility index (Phi) is 5.11. The number of aliphatic hydroxyl groups is 2. The summed E-state index contributed by atoms with van der Waals surface area (Å²) in [5, 5.41) is 27.9. The Morgan fingerprint density at radius 1 is 1.33 bits per heavy atom. The predicted octanol–water partition coefficient (Wildman–Crippen LogP) is 4.31. The number of fused-ring (bicyclic) bond motifs is 2. The topological polar surface area (TPSA) is 69.9 Å². The molecular formula is C23H34O4. The molecule has 0 amide bonds. The van der Waals surface area contributed by atoms with Crippen molar-refractivity contribution in [3.8, 4) is 11.5 Å². The molecule has 0 saturated heterocycles. The van der Waals surface area contributed by atoms with Gasteiger partial charge >= 0.3 is 0 Å². The second kappa shape index (κ2) is 6.82. The predicted molar refractivity (Wildman–Crippen MR) is 107 cm³/mol. The Morgan fingerprint density at radius 2 is 2.00 bits per heavy atom. The van der Waals surface area contributed by atoms with Gasteiger partial charge in [-0.05, 0) is 75.5 Å². The van der Waals surface area contributed by atoms with Crippen LogP contribution in [0.2, 0.25) is 0 Å². The molecule has 1 heterocycles. The maximum absolute atomic E-state index is 10.7. The van der Waals surface area contributed by atoms with Crippen LogP contribution in [-0.2, 0) is 0 Å². The van der Waals surface area contributed by atoms with E-state index in [0.29, 0.717) is 23.5 Å². The molecule has 27 heavy (non-hydrogen) atoms. The maximum atomic E-state index is 10.7. The molecule has 0 spiro atoms. The molecule has 1 aromatic carbocycles. The van der Waals surface area contributed by atoms with E-state index in [2.05, 4.69) is 26.5 Å². The molecule has 1 aliphatic heterocycles. The third kappa shape index (κ3) is 2.89. The van der Waals surface area contributed by atoms with E-state index < -0.39 is 6.10 Å². The molecule has 4 nitrogen and oxygen atoms in total. The summed E-state index contributed by atoms with van der Waals surface area (Å²) in [4.78, 5) is 0. The van der Waals surface area contributed by atoms with Gasteiger partial charge in [0.1, 0.15) is 17.1 Å². The Bertz CT molecular complexity index is 742. The van der Waals surface area contributed by atoms with Crippen LogP contribution >= 0.6 is 0 Å². The molecule has 2 fully saturated rings. The van der Waals surface area contributed by atoms with Crippen LogP contribution in [0.3, 0.4) is 0 Å². The summed E-state index contributed by atoms with van der Waals surface area (Å²) in [6, 6.07) is 3.93. The van der Waals surface area contributed by atoms with E-state index in [1.165, 1.54) is 6.42 Å². The van der Waals surface area contributed by atoms with Crippen molar-refractivity contribution in [2.24, 2.45) is 17.3 Å². The van der Waals surface area contributed by atoms with E-state index in [1.807, 2.05) is 19.9 Å². The van der Waals surface area contributed by atoms with E-state index in [9.17, 15) is 10.2 Å². The highest BCUT2D eigenvalue weighted by atomic mass is 16.5. The molecule has 0 unspecified atom stereocenters. The van der Waals surface area contributed by atoms with Crippen molar-refractivity contribution < 1.29 is 20.1 Å². The number of aryl methyl sites for hydroxylation is 1. The van der Waals surface area contributed by atoms with E-state index in [4.69, 9.17) is 9.84 Å². The van der Waals surface area contributed by atoms with E-state index in [-0.39, 0.29) is 11.0 Å². The van der Waals surface area contributed by atoms with Crippen LogP contribution in [0.25, 0.3) is 0 Å². The fraction of sp³-hybridized carbons (Fsp3) is 0.652. The normalized spacial score (nSPS) is 36.3. The largest absolute Gasteiger partial charge is 0.508 e. The van der Waals surface area contributed by atoms with Crippen molar-refractivity contribution in [3.05, 3.63) is 35.4 Å². The molecule has 4 rings (SSSR count). The zero-order valence-corrected chi connectivity index (χ0v) is 17.2. The average Bonchev–Trinajstić information content (AvgIpc) is 2.94. The van der Waals surface area contributed by atoms with Crippen LogP contribution in [0.4, 0.5) is 0 Å². The first-order valence-corrected chi connectivity index (χ1v) is 9.98. The number of aliphatic hydroxyl groups excluding tert-OH is 2. The van der Waals surface area contributed by atoms with Crippen LogP contribution in [-0.4, -0.2) is 34.1 Å². The SMILES string of the molecule is C=C(C)[C@H](O)CC[C@@]1(C)[C@@H]2CC[C@]3(C)Oc4cc(C)cc(O)c4[C@H]1[C@H]23.CO. The minimum absolute atomic E-state index is 0.101. The minimum Gasteiger partial charge on any atom is -0.508 e. The van der Waals surface area contributed by atoms with Gasteiger partial charge in [-0.2, -0.15) is 0 Å². The van der Waals surface area contributed by atoms with Crippen molar-refractivity contribution in [1.29, 1.82) is 0 Å². The van der Waals surface area contributed by atoms with E-state index in [1.54, 1.807) is 0 Å². The summed E-state index contributed by atoms with van der Waals surface area (Å²) in [5.41, 5.74) is 2.85. The highest BCUT2D eigenvalue weighted by Crippen LogP contribution is 2.75. The third-order valence-corrected chi connectivity index (χ3v) is 7.45. The standard InChI is InChI=1S/C22H30O3.CH4O/c1-12(2)15(23)7-8-21(4)14-6-9-22(5)19(14)20(21)18-16(24)10-13(3)11-17(18)25-22;1-2/h10-11,14-15,19-20,23-24H,1,6-9H2,2-5H3;2H,1H3/t14-,15-,19+,20+,21+,22+;/m1./s1. The van der Waals surface area contributed by atoms with Gasteiger partial charge in [-0.3, -0.25) is 0 Å². The lowest BCUT2D eigenvalue weighted by molar-refractivity contribution is -0.136. The quantitative estimate of drug-likeness (QED) is 0.687. The smallest absolute Gasteiger partial charge is 0.127 e. The number of benzene rings is 1. The molecule has 3 aliphatic rings. The summed E-state index contributed by atoms with van der Waals surface area (Å²) in [5.74, 6) is 2.63. The Hall–Kier alpha value is -1.52. The molecule has 150 valence electrons. The number of hydrogen-bond acceptors (Lipinski definition) is 4. The molecule has 6 atom stereocenters. The highest BCUT2D eigenvalue weighted by Gasteiger charge is 2.70. The molecular weight excluding hydrogens is 340 g/mol. The summed E-state index contributed by atoms with van der Waals surface area (Å²) < 4.78 is 6.44. The Balaban J connectivity index is 0.00000102. The zero-order chi connectivity index (χ0) is 20.1. The lowest BCUT2D eigenvalue weighted by Gasteiger charge is -2.63. The molecule has 0 radical (unpaired) electrons. The van der Waals surface area contributed by atoms with E-state index in [0.717, 1.165) is 48.8 Å². The molecule has 1 aromatic rings. The van der Waals surface area contributed by atoms with Crippen LogP contribution in [0, 0.1) is 24.2 Å². The second-order valence-electron chi connectivity index (χ2n) is 9.17. The molecule has 0 aromatic heterocycles. The molecule has 3 N–H and O–H groups in total. The van der Waals surface area contributed by atoms with Gasteiger partial charge in [0.05, 0.1) is 6.10 Å². The summed E-state index contributed by atoms with van der Waals surface area (Å²) >= 11 is 0. The molecule has 2 aliphatic carbocycles. The summed E-state index contributed by atoms with van der Waals surface area (Å²) in [6.45, 7) is 12.4. The van der Waals surface area contributed by atoms with Gasteiger partial charge in [-0.15, -0.1) is 0 Å². The zero-order valence-electron chi connectivity index (χ0n) is 17.2. The van der Waals surface area contributed by atoms with Crippen molar-refractivity contribution in [1.82, 2.24) is 0 Å². The van der Waals surface area contributed by atoms with Crippen molar-refractivity contribution >= 4 is 0 Å². The molecule has 0 bridgehead atoms. The fourth-order valence-corrected chi connectivity index (χ4v) is 6.12. The maximum Gasteiger partial charge on any atom is 0.127 e. The van der Waals surface area contributed by atoms with E-state index >= 15 is 0 Å². The second-order valence-corrected chi connectivity index (χ2v) is 9.17. The summed E-state index contributed by atoms with van der Waals surface area (Å²) in [6.07, 6.45) is 3.51. The van der Waals surface area contributed by atoms with Crippen molar-refractivity contribution in [2.45, 2.75) is 71.0 Å². The minimum atomic E-state index is -0.436. The van der Waals surface area contributed by atoms with Crippen LogP contribution in [0.1, 0.15) is 63.5 Å². The monoisotopic (exact) mass is 374 g/mol. The fourth-order valence-electron chi connectivity index (χ4n) is 6.12. The number of phenols is 1. The number of hydrogen-bond donors (Lipinski definition) is 3. The number of ether oxygens (including phenoxy) is 1. The first kappa shape index (κ1) is 20.2. The Labute approximate surface area is 162 Å². The number of aromatic hydroxyl groups is 1. The van der Waals surface area contributed by atoms with Gasteiger partial charge in [0.15, 0.2) is 0 Å². The van der Waals surface area contributed by atoms with Crippen molar-refractivity contribution in [2.75, 3.05) is 7.11 Å². The number of phenolic OH excluding ortho intramolecular Hbond substituents is 1. The summed E-state index contributed by atoms with van der Waals surface area (Å²) in [7, 11) is 1.00. The highest BCUT2D eigenvalue weighted by molar-refractivity contribution is 5.54. The average molecular weight is 375 g/mol. The first-order chi connectivity index (χ1) is 12.7. The van der Waals surface area contributed by atoms with Crippen LogP contribution in [0.15, 0.2) is 24.3 Å². The van der Waals surface area contributed by atoms with Crippen LogP contribution < -0.4 is 4.74 Å². The molecule has 4 heteroatoms. The van der Waals surface area contributed by atoms with Gasteiger partial charge in [0, 0.05) is 24.5 Å². The lowest BCUT2D eigenvalue weighted by atomic mass is 9.43. The first-order valence-electron chi connectivity index (χ1n) is 9.98. The van der Waals surface area contributed by atoms with Gasteiger partial charge in [0.2, 0.25) is 0 Å². The van der Waals surface area contributed by atoms with Gasteiger partial charge in [0.25, 0.3) is 0 Å². The van der Waals surface area contributed by atoms with Gasteiger partial charge in [-0.25, -0.2) is 0 Å². The van der Waals surface area contributed by atoms with Gasteiger partial charge < -0.3 is 20.1 Å². The third-order valence-electron chi connectivity index (χ3n) is 7.45.